The Morgan fingerprint density at radius 1 is 1.00 bits per heavy atom. The van der Waals surface area contributed by atoms with Crippen LogP contribution in [0.2, 0.25) is 0 Å². The van der Waals surface area contributed by atoms with Gasteiger partial charge in [-0.05, 0) is 66.8 Å². The highest BCUT2D eigenvalue weighted by Gasteiger charge is 2.63. The minimum atomic E-state index is -0.150. The standard InChI is InChI=1S/C26H34O3/c1-25-12-10-19(27)14-18(25)15-22(29-16-17-6-4-3-5-7-17)24-20-8-9-23(28)26(20,2)13-11-21(24)25/h3-7,18,20-22,24H,8-16H2,1-2H3/t18-,20+,21+,22+,24+,25+,26+/m1/s1. The lowest BCUT2D eigenvalue weighted by Crippen LogP contribution is -2.58. The normalized spacial score (nSPS) is 44.1. The summed E-state index contributed by atoms with van der Waals surface area (Å²) < 4.78 is 6.63. The van der Waals surface area contributed by atoms with E-state index in [1.54, 1.807) is 0 Å². The molecule has 4 aliphatic carbocycles. The summed E-state index contributed by atoms with van der Waals surface area (Å²) in [7, 11) is 0. The van der Waals surface area contributed by atoms with Gasteiger partial charge in [0.25, 0.3) is 0 Å². The van der Waals surface area contributed by atoms with Crippen molar-refractivity contribution in [2.45, 2.75) is 77.9 Å². The molecule has 4 fully saturated rings. The van der Waals surface area contributed by atoms with Gasteiger partial charge in [-0.1, -0.05) is 44.2 Å². The Bertz CT molecular complexity index is 801. The zero-order valence-corrected chi connectivity index (χ0v) is 17.9. The van der Waals surface area contributed by atoms with Crippen LogP contribution in [-0.2, 0) is 20.9 Å². The molecule has 0 aliphatic heterocycles. The van der Waals surface area contributed by atoms with Crippen molar-refractivity contribution in [2.75, 3.05) is 0 Å². The Labute approximate surface area is 174 Å². The van der Waals surface area contributed by atoms with Crippen LogP contribution in [0.3, 0.4) is 0 Å². The van der Waals surface area contributed by atoms with E-state index in [-0.39, 0.29) is 16.9 Å². The van der Waals surface area contributed by atoms with Crippen LogP contribution in [0.1, 0.15) is 70.8 Å². The molecular formula is C26H34O3. The van der Waals surface area contributed by atoms with Gasteiger partial charge in [0, 0.05) is 24.7 Å². The highest BCUT2D eigenvalue weighted by molar-refractivity contribution is 5.87. The van der Waals surface area contributed by atoms with Gasteiger partial charge in [0.2, 0.25) is 0 Å². The van der Waals surface area contributed by atoms with Crippen molar-refractivity contribution < 1.29 is 14.3 Å². The summed E-state index contributed by atoms with van der Waals surface area (Å²) in [5.41, 5.74) is 1.29. The molecular weight excluding hydrogens is 360 g/mol. The highest BCUT2D eigenvalue weighted by atomic mass is 16.5. The first-order valence-corrected chi connectivity index (χ1v) is 11.6. The zero-order chi connectivity index (χ0) is 20.2. The van der Waals surface area contributed by atoms with E-state index in [0.717, 1.165) is 51.4 Å². The molecule has 0 bridgehead atoms. The summed E-state index contributed by atoms with van der Waals surface area (Å²) in [5.74, 6) is 2.84. The minimum absolute atomic E-state index is 0.150. The van der Waals surface area contributed by atoms with Crippen LogP contribution in [0, 0.1) is 34.5 Å². The fourth-order valence-electron chi connectivity index (χ4n) is 7.71. The second-order valence-corrected chi connectivity index (χ2v) is 10.7. The first-order chi connectivity index (χ1) is 13.9. The van der Waals surface area contributed by atoms with Crippen molar-refractivity contribution in [3.8, 4) is 0 Å². The second kappa shape index (κ2) is 7.04. The molecule has 0 N–H and O–H groups in total. The average molecular weight is 395 g/mol. The number of hydrogen-bond donors (Lipinski definition) is 0. The van der Waals surface area contributed by atoms with Crippen molar-refractivity contribution in [3.05, 3.63) is 35.9 Å². The van der Waals surface area contributed by atoms with Crippen LogP contribution in [0.15, 0.2) is 30.3 Å². The molecule has 5 rings (SSSR count). The van der Waals surface area contributed by atoms with Gasteiger partial charge in [0.15, 0.2) is 0 Å². The van der Waals surface area contributed by atoms with Crippen molar-refractivity contribution in [3.63, 3.8) is 0 Å². The van der Waals surface area contributed by atoms with Gasteiger partial charge in [0.05, 0.1) is 12.7 Å². The molecule has 0 saturated heterocycles. The first-order valence-electron chi connectivity index (χ1n) is 11.6. The van der Waals surface area contributed by atoms with Crippen LogP contribution in [-0.4, -0.2) is 17.7 Å². The van der Waals surface area contributed by atoms with E-state index in [9.17, 15) is 9.59 Å². The van der Waals surface area contributed by atoms with Crippen molar-refractivity contribution in [1.29, 1.82) is 0 Å². The molecule has 1 aromatic carbocycles. The lowest BCUT2D eigenvalue weighted by Gasteiger charge is -2.61. The molecule has 3 heteroatoms. The molecule has 0 amide bonds. The summed E-state index contributed by atoms with van der Waals surface area (Å²) in [5, 5.41) is 0. The van der Waals surface area contributed by atoms with E-state index >= 15 is 0 Å². The number of ether oxygens (including phenoxy) is 1. The topological polar surface area (TPSA) is 43.4 Å². The molecule has 0 aromatic heterocycles. The van der Waals surface area contributed by atoms with Gasteiger partial charge in [-0.3, -0.25) is 9.59 Å². The largest absolute Gasteiger partial charge is 0.373 e. The van der Waals surface area contributed by atoms with E-state index in [0.29, 0.717) is 41.8 Å². The Balaban J connectivity index is 1.47. The molecule has 4 saturated carbocycles. The predicted molar refractivity (Wildman–Crippen MR) is 112 cm³/mol. The third kappa shape index (κ3) is 3.03. The van der Waals surface area contributed by atoms with E-state index in [1.807, 2.05) is 6.07 Å². The van der Waals surface area contributed by atoms with Crippen LogP contribution >= 0.6 is 0 Å². The van der Waals surface area contributed by atoms with Gasteiger partial charge in [-0.25, -0.2) is 0 Å². The van der Waals surface area contributed by atoms with E-state index in [1.165, 1.54) is 5.56 Å². The average Bonchev–Trinajstić information content (AvgIpc) is 3.02. The Morgan fingerprint density at radius 3 is 2.59 bits per heavy atom. The summed E-state index contributed by atoms with van der Waals surface area (Å²) in [4.78, 5) is 25.1. The zero-order valence-electron chi connectivity index (χ0n) is 17.9. The number of rotatable bonds is 3. The maximum atomic E-state index is 12.8. The van der Waals surface area contributed by atoms with Crippen molar-refractivity contribution in [1.82, 2.24) is 0 Å². The molecule has 0 unspecified atom stereocenters. The first kappa shape index (κ1) is 19.5. The van der Waals surface area contributed by atoms with Gasteiger partial charge in [-0.2, -0.15) is 0 Å². The minimum Gasteiger partial charge on any atom is -0.373 e. The van der Waals surface area contributed by atoms with Crippen LogP contribution < -0.4 is 0 Å². The molecule has 4 aliphatic rings. The van der Waals surface area contributed by atoms with Gasteiger partial charge in [0.1, 0.15) is 11.6 Å². The Kier molecular flexibility index (Phi) is 4.73. The number of carbonyl (C=O) groups is 2. The lowest BCUT2D eigenvalue weighted by molar-refractivity contribution is -0.181. The summed E-state index contributed by atoms with van der Waals surface area (Å²) in [6, 6.07) is 10.4. The van der Waals surface area contributed by atoms with Gasteiger partial charge >= 0.3 is 0 Å². The number of fused-ring (bicyclic) bond motifs is 5. The molecule has 0 spiro atoms. The lowest BCUT2D eigenvalue weighted by atomic mass is 9.44. The highest BCUT2D eigenvalue weighted by Crippen LogP contribution is 2.65. The SMILES string of the molecule is C[C@]12CCC(=O)C[C@@H]1C[C@H](OCc1ccccc1)[C@@H]1[C@@H]2CC[C@]2(C)C(=O)CC[C@@H]12. The third-order valence-electron chi connectivity index (χ3n) is 9.49. The Morgan fingerprint density at radius 2 is 1.79 bits per heavy atom. The number of benzene rings is 1. The maximum absolute atomic E-state index is 12.8. The van der Waals surface area contributed by atoms with E-state index in [2.05, 4.69) is 38.1 Å². The molecule has 0 heterocycles. The molecule has 3 nitrogen and oxygen atoms in total. The quantitative estimate of drug-likeness (QED) is 0.693. The number of Topliss-reactive ketones (excluding diaryl/α,β-unsaturated/α-hetero) is 2. The fraction of sp³-hybridized carbons (Fsp3) is 0.692. The fourth-order valence-corrected chi connectivity index (χ4v) is 7.71. The second-order valence-electron chi connectivity index (χ2n) is 10.7. The van der Waals surface area contributed by atoms with Gasteiger partial charge < -0.3 is 4.74 Å². The summed E-state index contributed by atoms with van der Waals surface area (Å²) in [6.07, 6.45) is 7.57. The van der Waals surface area contributed by atoms with Gasteiger partial charge in [-0.15, -0.1) is 0 Å². The molecule has 156 valence electrons. The van der Waals surface area contributed by atoms with Crippen LogP contribution in [0.4, 0.5) is 0 Å². The van der Waals surface area contributed by atoms with Crippen molar-refractivity contribution >= 4 is 11.6 Å². The number of ketones is 2. The molecule has 0 radical (unpaired) electrons. The predicted octanol–water partition coefficient (Wildman–Crippen LogP) is 5.36. The number of carbonyl (C=O) groups excluding carboxylic acids is 2. The van der Waals surface area contributed by atoms with E-state index < -0.39 is 0 Å². The third-order valence-corrected chi connectivity index (χ3v) is 9.49. The summed E-state index contributed by atoms with van der Waals surface area (Å²) in [6.45, 7) is 5.31. The summed E-state index contributed by atoms with van der Waals surface area (Å²) >= 11 is 0. The maximum Gasteiger partial charge on any atom is 0.139 e. The number of hydrogen-bond acceptors (Lipinski definition) is 3. The van der Waals surface area contributed by atoms with Crippen LogP contribution in [0.5, 0.6) is 0 Å². The molecule has 29 heavy (non-hydrogen) atoms. The molecule has 1 aromatic rings. The van der Waals surface area contributed by atoms with E-state index in [4.69, 9.17) is 4.74 Å². The molecule has 7 atom stereocenters. The monoisotopic (exact) mass is 394 g/mol. The van der Waals surface area contributed by atoms with Crippen molar-refractivity contribution in [2.24, 2.45) is 34.5 Å². The smallest absolute Gasteiger partial charge is 0.139 e. The van der Waals surface area contributed by atoms with Crippen LogP contribution in [0.25, 0.3) is 0 Å². The Hall–Kier alpha value is -1.48.